The summed E-state index contributed by atoms with van der Waals surface area (Å²) in [6, 6.07) is 22.3. The van der Waals surface area contributed by atoms with Crippen LogP contribution in [0.1, 0.15) is 28.4 Å². The summed E-state index contributed by atoms with van der Waals surface area (Å²) in [5, 5.41) is 5.66. The number of aryl methyl sites for hydroxylation is 1. The normalized spacial score (nSPS) is 11.9. The molecule has 0 aromatic heterocycles. The second kappa shape index (κ2) is 10.8. The van der Waals surface area contributed by atoms with Crippen LogP contribution in [0.5, 0.6) is 0 Å². The number of hydrogen-bond acceptors (Lipinski definition) is 4. The van der Waals surface area contributed by atoms with Crippen molar-refractivity contribution < 1.29 is 18.0 Å². The van der Waals surface area contributed by atoms with Gasteiger partial charge in [-0.1, -0.05) is 48.5 Å². The molecule has 0 spiro atoms. The van der Waals surface area contributed by atoms with Crippen LogP contribution in [0.4, 0.5) is 11.4 Å². The number of amides is 2. The predicted molar refractivity (Wildman–Crippen MR) is 131 cm³/mol. The zero-order valence-corrected chi connectivity index (χ0v) is 19.4. The van der Waals surface area contributed by atoms with E-state index < -0.39 is 16.1 Å². The molecule has 7 nitrogen and oxygen atoms in total. The van der Waals surface area contributed by atoms with Gasteiger partial charge in [0.1, 0.15) is 6.04 Å². The zero-order valence-electron chi connectivity index (χ0n) is 18.5. The fraction of sp³-hybridized carbons (Fsp3) is 0.200. The number of rotatable bonds is 9. The van der Waals surface area contributed by atoms with E-state index in [4.69, 9.17) is 0 Å². The number of benzene rings is 3. The molecule has 0 radical (unpaired) electrons. The molecule has 33 heavy (non-hydrogen) atoms. The largest absolute Gasteiger partial charge is 0.340 e. The molecule has 172 valence electrons. The van der Waals surface area contributed by atoms with Crippen LogP contribution in [0, 0.1) is 6.92 Å². The van der Waals surface area contributed by atoms with Gasteiger partial charge >= 0.3 is 0 Å². The summed E-state index contributed by atoms with van der Waals surface area (Å²) in [6.45, 7) is 3.31. The third kappa shape index (κ3) is 6.92. The van der Waals surface area contributed by atoms with Crippen LogP contribution >= 0.6 is 0 Å². The van der Waals surface area contributed by atoms with E-state index in [9.17, 15) is 18.0 Å². The highest BCUT2D eigenvalue weighted by Crippen LogP contribution is 2.21. The molecule has 0 aliphatic heterocycles. The lowest BCUT2D eigenvalue weighted by molar-refractivity contribution is -0.118. The highest BCUT2D eigenvalue weighted by atomic mass is 32.2. The standard InChI is InChI=1S/C25H27N3O4S/c1-3-33(31,32)28-22-15-14-21(16-18(22)2)26-25(30)23(17-19-10-6-4-7-11-19)27-24(29)20-12-8-5-9-13-20/h4-16,23,28H,3,17H2,1-2H3,(H,26,30)(H,27,29). The molecule has 0 aliphatic rings. The van der Waals surface area contributed by atoms with E-state index >= 15 is 0 Å². The summed E-state index contributed by atoms with van der Waals surface area (Å²) in [5.41, 5.74) is 2.99. The van der Waals surface area contributed by atoms with E-state index in [1.165, 1.54) is 0 Å². The van der Waals surface area contributed by atoms with Gasteiger partial charge < -0.3 is 10.6 Å². The smallest absolute Gasteiger partial charge is 0.251 e. The Labute approximate surface area is 194 Å². The third-order valence-electron chi connectivity index (χ3n) is 5.08. The first kappa shape index (κ1) is 24.0. The molecule has 0 aliphatic carbocycles. The third-order valence-corrected chi connectivity index (χ3v) is 6.37. The van der Waals surface area contributed by atoms with Crippen LogP contribution in [0.3, 0.4) is 0 Å². The lowest BCUT2D eigenvalue weighted by atomic mass is 10.0. The fourth-order valence-electron chi connectivity index (χ4n) is 3.22. The number of carbonyl (C=O) groups is 2. The van der Waals surface area contributed by atoms with Gasteiger partial charge in [0.25, 0.3) is 5.91 Å². The Morgan fingerprint density at radius 1 is 0.909 bits per heavy atom. The van der Waals surface area contributed by atoms with E-state index in [0.29, 0.717) is 28.9 Å². The fourth-order valence-corrected chi connectivity index (χ4v) is 3.92. The number of sulfonamides is 1. The van der Waals surface area contributed by atoms with Gasteiger partial charge in [-0.15, -0.1) is 0 Å². The summed E-state index contributed by atoms with van der Waals surface area (Å²) in [4.78, 5) is 25.8. The van der Waals surface area contributed by atoms with Crippen molar-refractivity contribution >= 4 is 33.2 Å². The van der Waals surface area contributed by atoms with Crippen LogP contribution in [0.2, 0.25) is 0 Å². The van der Waals surface area contributed by atoms with Gasteiger partial charge in [0.2, 0.25) is 15.9 Å². The van der Waals surface area contributed by atoms with Crippen molar-refractivity contribution in [3.05, 3.63) is 95.6 Å². The average molecular weight is 466 g/mol. The van der Waals surface area contributed by atoms with Gasteiger partial charge in [0.05, 0.1) is 11.4 Å². The summed E-state index contributed by atoms with van der Waals surface area (Å²) >= 11 is 0. The molecule has 3 rings (SSSR count). The molecule has 1 unspecified atom stereocenters. The quantitative estimate of drug-likeness (QED) is 0.448. The Kier molecular flexibility index (Phi) is 7.84. The van der Waals surface area contributed by atoms with E-state index in [2.05, 4.69) is 15.4 Å². The van der Waals surface area contributed by atoms with Gasteiger partial charge in [0, 0.05) is 17.7 Å². The van der Waals surface area contributed by atoms with E-state index in [-0.39, 0.29) is 17.6 Å². The Morgan fingerprint density at radius 2 is 1.55 bits per heavy atom. The summed E-state index contributed by atoms with van der Waals surface area (Å²) in [5.74, 6) is -0.746. The van der Waals surface area contributed by atoms with Crippen LogP contribution in [0.25, 0.3) is 0 Å². The molecule has 0 bridgehead atoms. The van der Waals surface area contributed by atoms with Crippen molar-refractivity contribution in [2.24, 2.45) is 0 Å². The lowest BCUT2D eigenvalue weighted by Crippen LogP contribution is -2.45. The van der Waals surface area contributed by atoms with Gasteiger partial charge in [-0.05, 0) is 55.3 Å². The highest BCUT2D eigenvalue weighted by molar-refractivity contribution is 7.92. The second-order valence-corrected chi connectivity index (χ2v) is 9.62. The minimum Gasteiger partial charge on any atom is -0.340 e. The first-order chi connectivity index (χ1) is 15.8. The molecule has 8 heteroatoms. The second-order valence-electron chi connectivity index (χ2n) is 7.61. The van der Waals surface area contributed by atoms with Gasteiger partial charge in [0.15, 0.2) is 0 Å². The first-order valence-electron chi connectivity index (χ1n) is 10.6. The molecular formula is C25H27N3O4S. The van der Waals surface area contributed by atoms with Crippen molar-refractivity contribution in [3.63, 3.8) is 0 Å². The number of carbonyl (C=O) groups excluding carboxylic acids is 2. The molecule has 1 atom stereocenters. The Hall–Kier alpha value is -3.65. The minimum absolute atomic E-state index is 0.0345. The molecule has 3 N–H and O–H groups in total. The molecule has 0 saturated carbocycles. The Balaban J connectivity index is 1.78. The summed E-state index contributed by atoms with van der Waals surface area (Å²) in [7, 11) is -3.40. The maximum absolute atomic E-state index is 13.1. The maximum Gasteiger partial charge on any atom is 0.251 e. The zero-order chi connectivity index (χ0) is 23.8. The molecule has 0 fully saturated rings. The van der Waals surface area contributed by atoms with Gasteiger partial charge in [-0.2, -0.15) is 0 Å². The van der Waals surface area contributed by atoms with Crippen LogP contribution in [-0.4, -0.2) is 32.0 Å². The van der Waals surface area contributed by atoms with Crippen molar-refractivity contribution in [2.45, 2.75) is 26.3 Å². The molecule has 0 saturated heterocycles. The van der Waals surface area contributed by atoms with E-state index in [1.54, 1.807) is 56.3 Å². The molecule has 2 amide bonds. The lowest BCUT2D eigenvalue weighted by Gasteiger charge is -2.19. The Morgan fingerprint density at radius 3 is 2.15 bits per heavy atom. The Bertz CT molecular complexity index is 1210. The molecule has 3 aromatic carbocycles. The monoisotopic (exact) mass is 465 g/mol. The van der Waals surface area contributed by atoms with Crippen molar-refractivity contribution in [2.75, 3.05) is 15.8 Å². The predicted octanol–water partition coefficient (Wildman–Crippen LogP) is 3.74. The molecule has 0 heterocycles. The number of hydrogen-bond donors (Lipinski definition) is 3. The van der Waals surface area contributed by atoms with Crippen molar-refractivity contribution in [3.8, 4) is 0 Å². The summed E-state index contributed by atoms with van der Waals surface area (Å²) < 4.78 is 26.2. The van der Waals surface area contributed by atoms with E-state index in [0.717, 1.165) is 5.56 Å². The number of nitrogens with one attached hydrogen (secondary N) is 3. The highest BCUT2D eigenvalue weighted by Gasteiger charge is 2.22. The molecular weight excluding hydrogens is 438 g/mol. The van der Waals surface area contributed by atoms with Crippen LogP contribution in [-0.2, 0) is 21.2 Å². The first-order valence-corrected chi connectivity index (χ1v) is 12.2. The average Bonchev–Trinajstić information content (AvgIpc) is 2.81. The van der Waals surface area contributed by atoms with Gasteiger partial charge in [-0.25, -0.2) is 8.42 Å². The van der Waals surface area contributed by atoms with Gasteiger partial charge in [-0.3, -0.25) is 14.3 Å². The SMILES string of the molecule is CCS(=O)(=O)Nc1ccc(NC(=O)C(Cc2ccccc2)NC(=O)c2ccccc2)cc1C. The molecule has 3 aromatic rings. The summed E-state index contributed by atoms with van der Waals surface area (Å²) in [6.07, 6.45) is 0.318. The van der Waals surface area contributed by atoms with Crippen LogP contribution < -0.4 is 15.4 Å². The van der Waals surface area contributed by atoms with Crippen molar-refractivity contribution in [1.29, 1.82) is 0 Å². The van der Waals surface area contributed by atoms with Crippen molar-refractivity contribution in [1.82, 2.24) is 5.32 Å². The topological polar surface area (TPSA) is 104 Å². The van der Waals surface area contributed by atoms with E-state index in [1.807, 2.05) is 36.4 Å². The minimum atomic E-state index is -3.40. The maximum atomic E-state index is 13.1. The van der Waals surface area contributed by atoms with Crippen LogP contribution in [0.15, 0.2) is 78.9 Å². The number of anilines is 2.